The average Bonchev–Trinajstić information content (AvgIpc) is 3.11. The van der Waals surface area contributed by atoms with Crippen LogP contribution in [0.15, 0.2) is 24.3 Å². The standard InChI is InChI=1S/C19H28N2O3/c1-24-17-9-4-6-15(12-17)13-21-11-5-10-19(23,18(21)22)14-20-16-7-2-3-8-16/h4,6,9,12,16,20,23H,2-3,5,7-8,10-11,13-14H2,1H3. The van der Waals surface area contributed by atoms with Gasteiger partial charge in [0.15, 0.2) is 5.60 Å². The molecule has 3 rings (SSSR count). The van der Waals surface area contributed by atoms with Gasteiger partial charge in [0.1, 0.15) is 5.75 Å². The van der Waals surface area contributed by atoms with E-state index in [0.29, 0.717) is 32.1 Å². The highest BCUT2D eigenvalue weighted by atomic mass is 16.5. The van der Waals surface area contributed by atoms with Gasteiger partial charge in [-0.1, -0.05) is 25.0 Å². The molecule has 1 aliphatic heterocycles. The van der Waals surface area contributed by atoms with Crippen LogP contribution in [0.4, 0.5) is 0 Å². The molecule has 5 nitrogen and oxygen atoms in total. The number of ether oxygens (including phenoxy) is 1. The fourth-order valence-corrected chi connectivity index (χ4v) is 3.81. The van der Waals surface area contributed by atoms with Crippen molar-refractivity contribution in [3.05, 3.63) is 29.8 Å². The molecule has 1 heterocycles. The number of nitrogens with one attached hydrogen (secondary N) is 1. The van der Waals surface area contributed by atoms with Gasteiger partial charge in [-0.3, -0.25) is 4.79 Å². The Kier molecular flexibility index (Phi) is 5.41. The molecule has 0 radical (unpaired) electrons. The molecule has 1 aromatic carbocycles. The maximum absolute atomic E-state index is 12.8. The first kappa shape index (κ1) is 17.2. The number of amides is 1. The normalized spacial score (nSPS) is 25.2. The second-order valence-corrected chi connectivity index (χ2v) is 7.08. The second kappa shape index (κ2) is 7.53. The van der Waals surface area contributed by atoms with Crippen molar-refractivity contribution in [2.24, 2.45) is 0 Å². The quantitative estimate of drug-likeness (QED) is 0.837. The van der Waals surface area contributed by atoms with Gasteiger partial charge in [0, 0.05) is 25.7 Å². The van der Waals surface area contributed by atoms with Crippen molar-refractivity contribution < 1.29 is 14.6 Å². The van der Waals surface area contributed by atoms with Gasteiger partial charge in [0.25, 0.3) is 5.91 Å². The molecule has 1 atom stereocenters. The van der Waals surface area contributed by atoms with E-state index in [1.54, 1.807) is 12.0 Å². The number of piperidine rings is 1. The van der Waals surface area contributed by atoms with Crippen LogP contribution in [0.2, 0.25) is 0 Å². The maximum atomic E-state index is 12.8. The van der Waals surface area contributed by atoms with E-state index in [2.05, 4.69) is 5.32 Å². The monoisotopic (exact) mass is 332 g/mol. The molecule has 1 saturated heterocycles. The minimum absolute atomic E-state index is 0.151. The highest BCUT2D eigenvalue weighted by Gasteiger charge is 2.42. The average molecular weight is 332 g/mol. The number of aliphatic hydroxyl groups is 1. The molecule has 1 saturated carbocycles. The number of hydrogen-bond donors (Lipinski definition) is 2. The Hall–Kier alpha value is -1.59. The molecule has 132 valence electrons. The lowest BCUT2D eigenvalue weighted by molar-refractivity contribution is -0.157. The molecule has 0 spiro atoms. The summed E-state index contributed by atoms with van der Waals surface area (Å²) in [4.78, 5) is 14.6. The summed E-state index contributed by atoms with van der Waals surface area (Å²) >= 11 is 0. The molecule has 5 heteroatoms. The summed E-state index contributed by atoms with van der Waals surface area (Å²) in [6.07, 6.45) is 6.16. The van der Waals surface area contributed by atoms with Gasteiger partial charge >= 0.3 is 0 Å². The van der Waals surface area contributed by atoms with Gasteiger partial charge in [-0.15, -0.1) is 0 Å². The zero-order valence-electron chi connectivity index (χ0n) is 14.5. The van der Waals surface area contributed by atoms with Crippen molar-refractivity contribution in [1.82, 2.24) is 10.2 Å². The van der Waals surface area contributed by atoms with Crippen LogP contribution in [0.1, 0.15) is 44.1 Å². The summed E-state index contributed by atoms with van der Waals surface area (Å²) in [5.74, 6) is 0.636. The predicted molar refractivity (Wildman–Crippen MR) is 92.9 cm³/mol. The van der Waals surface area contributed by atoms with Crippen LogP contribution in [0, 0.1) is 0 Å². The van der Waals surface area contributed by atoms with Gasteiger partial charge in [-0.25, -0.2) is 0 Å². The van der Waals surface area contributed by atoms with Crippen molar-refractivity contribution >= 4 is 5.91 Å². The fraction of sp³-hybridized carbons (Fsp3) is 0.632. The van der Waals surface area contributed by atoms with Crippen molar-refractivity contribution in [2.45, 2.75) is 56.7 Å². The van der Waals surface area contributed by atoms with E-state index in [4.69, 9.17) is 4.74 Å². The topological polar surface area (TPSA) is 61.8 Å². The van der Waals surface area contributed by atoms with Crippen molar-refractivity contribution in [3.63, 3.8) is 0 Å². The van der Waals surface area contributed by atoms with E-state index in [0.717, 1.165) is 30.6 Å². The zero-order valence-corrected chi connectivity index (χ0v) is 14.5. The number of methoxy groups -OCH3 is 1. The third-order valence-corrected chi connectivity index (χ3v) is 5.25. The molecule has 24 heavy (non-hydrogen) atoms. The molecule has 1 amide bonds. The fourth-order valence-electron chi connectivity index (χ4n) is 3.81. The summed E-state index contributed by atoms with van der Waals surface area (Å²) in [5, 5.41) is 14.3. The highest BCUT2D eigenvalue weighted by molar-refractivity contribution is 5.86. The number of benzene rings is 1. The largest absolute Gasteiger partial charge is 0.497 e. The number of carbonyl (C=O) groups is 1. The number of carbonyl (C=O) groups excluding carboxylic acids is 1. The van der Waals surface area contributed by atoms with Crippen molar-refractivity contribution in [3.8, 4) is 5.75 Å². The van der Waals surface area contributed by atoms with E-state index < -0.39 is 5.60 Å². The van der Waals surface area contributed by atoms with E-state index in [9.17, 15) is 9.90 Å². The lowest BCUT2D eigenvalue weighted by Crippen LogP contribution is -2.58. The Morgan fingerprint density at radius 1 is 1.33 bits per heavy atom. The van der Waals surface area contributed by atoms with Crippen LogP contribution in [0.25, 0.3) is 0 Å². The molecule has 2 aliphatic rings. The van der Waals surface area contributed by atoms with Crippen LogP contribution in [0.5, 0.6) is 5.75 Å². The van der Waals surface area contributed by atoms with Gasteiger partial charge in [0.2, 0.25) is 0 Å². The highest BCUT2D eigenvalue weighted by Crippen LogP contribution is 2.26. The first-order valence-corrected chi connectivity index (χ1v) is 8.99. The van der Waals surface area contributed by atoms with Crippen LogP contribution < -0.4 is 10.1 Å². The third-order valence-electron chi connectivity index (χ3n) is 5.25. The summed E-state index contributed by atoms with van der Waals surface area (Å²) in [5.41, 5.74) is -0.240. The molecule has 1 aromatic rings. The lowest BCUT2D eigenvalue weighted by Gasteiger charge is -2.39. The second-order valence-electron chi connectivity index (χ2n) is 7.08. The minimum atomic E-state index is -1.26. The first-order chi connectivity index (χ1) is 11.6. The Bertz CT molecular complexity index is 571. The molecule has 1 unspecified atom stereocenters. The molecule has 1 aliphatic carbocycles. The summed E-state index contributed by atoms with van der Waals surface area (Å²) in [7, 11) is 1.64. The molecular weight excluding hydrogens is 304 g/mol. The Labute approximate surface area is 144 Å². The smallest absolute Gasteiger partial charge is 0.256 e. The van der Waals surface area contributed by atoms with Crippen molar-refractivity contribution in [2.75, 3.05) is 20.2 Å². The maximum Gasteiger partial charge on any atom is 0.256 e. The number of rotatable bonds is 6. The van der Waals surface area contributed by atoms with E-state index in [-0.39, 0.29) is 5.91 Å². The molecular formula is C19H28N2O3. The van der Waals surface area contributed by atoms with Gasteiger partial charge in [-0.2, -0.15) is 0 Å². The molecule has 0 aromatic heterocycles. The Balaban J connectivity index is 1.62. The third kappa shape index (κ3) is 3.90. The summed E-state index contributed by atoms with van der Waals surface area (Å²) in [6.45, 7) is 1.58. The Morgan fingerprint density at radius 3 is 2.88 bits per heavy atom. The van der Waals surface area contributed by atoms with Crippen molar-refractivity contribution in [1.29, 1.82) is 0 Å². The van der Waals surface area contributed by atoms with Crippen LogP contribution in [0.3, 0.4) is 0 Å². The Morgan fingerprint density at radius 2 is 2.12 bits per heavy atom. The lowest BCUT2D eigenvalue weighted by atomic mass is 9.91. The van der Waals surface area contributed by atoms with E-state index in [1.807, 2.05) is 24.3 Å². The SMILES string of the molecule is COc1cccc(CN2CCCC(O)(CNC3CCCC3)C2=O)c1. The van der Waals surface area contributed by atoms with Gasteiger partial charge in [-0.05, 0) is 43.4 Å². The van der Waals surface area contributed by atoms with Crippen LogP contribution in [-0.2, 0) is 11.3 Å². The summed E-state index contributed by atoms with van der Waals surface area (Å²) < 4.78 is 5.24. The van der Waals surface area contributed by atoms with E-state index >= 15 is 0 Å². The van der Waals surface area contributed by atoms with Crippen LogP contribution in [-0.4, -0.2) is 47.8 Å². The molecule has 2 N–H and O–H groups in total. The zero-order chi connectivity index (χ0) is 17.0. The minimum Gasteiger partial charge on any atom is -0.497 e. The van der Waals surface area contributed by atoms with Gasteiger partial charge in [0.05, 0.1) is 7.11 Å². The number of likely N-dealkylation sites (tertiary alicyclic amines) is 1. The van der Waals surface area contributed by atoms with Gasteiger partial charge < -0.3 is 20.1 Å². The first-order valence-electron chi connectivity index (χ1n) is 8.99. The predicted octanol–water partition coefficient (Wildman–Crippen LogP) is 2.08. The van der Waals surface area contributed by atoms with E-state index in [1.165, 1.54) is 12.8 Å². The number of nitrogens with zero attached hydrogens (tertiary/aromatic N) is 1. The molecule has 0 bridgehead atoms. The van der Waals surface area contributed by atoms with Crippen LogP contribution >= 0.6 is 0 Å². The summed E-state index contributed by atoms with van der Waals surface area (Å²) in [6, 6.07) is 8.20. The molecule has 2 fully saturated rings. The number of hydrogen-bond acceptors (Lipinski definition) is 4.